The number of aliphatic hydroxyl groups excluding tert-OH is 1. The molecule has 0 atom stereocenters. The van der Waals surface area contributed by atoms with Crippen LogP contribution < -0.4 is 10.6 Å². The molecule has 0 spiro atoms. The van der Waals surface area contributed by atoms with Crippen molar-refractivity contribution >= 4 is 33.6 Å². The Labute approximate surface area is 130 Å². The van der Waals surface area contributed by atoms with E-state index in [0.717, 1.165) is 12.8 Å². The predicted octanol–water partition coefficient (Wildman–Crippen LogP) is 2.57. The number of benzene rings is 1. The molecule has 0 radical (unpaired) electrons. The van der Waals surface area contributed by atoms with Crippen molar-refractivity contribution < 1.29 is 19.8 Å². The summed E-state index contributed by atoms with van der Waals surface area (Å²) in [5.74, 6) is -1.05. The van der Waals surface area contributed by atoms with E-state index >= 15 is 0 Å². The number of hydrogen-bond donors (Lipinski definition) is 4. The number of nitrogens with one attached hydrogen (secondary N) is 2. The number of hydrogen-bond acceptors (Lipinski definition) is 3. The second-order valence-electron chi connectivity index (χ2n) is 5.14. The van der Waals surface area contributed by atoms with E-state index in [1.54, 1.807) is 6.07 Å². The van der Waals surface area contributed by atoms with Crippen LogP contribution in [0.4, 0.5) is 10.5 Å². The number of carboxylic acids is 1. The van der Waals surface area contributed by atoms with Gasteiger partial charge in [0.15, 0.2) is 0 Å². The van der Waals surface area contributed by atoms with Gasteiger partial charge in [-0.05, 0) is 43.9 Å². The molecule has 1 aromatic carbocycles. The lowest BCUT2D eigenvalue weighted by molar-refractivity contribution is 0.0696. The van der Waals surface area contributed by atoms with Gasteiger partial charge in [-0.1, -0.05) is 15.9 Å². The highest BCUT2D eigenvalue weighted by atomic mass is 79.9. The molecule has 0 aliphatic heterocycles. The zero-order valence-corrected chi connectivity index (χ0v) is 12.9. The summed E-state index contributed by atoms with van der Waals surface area (Å²) >= 11 is 3.21. The summed E-state index contributed by atoms with van der Waals surface area (Å²) in [5, 5.41) is 23.9. The predicted molar refractivity (Wildman–Crippen MR) is 81.5 cm³/mol. The minimum absolute atomic E-state index is 0.0412. The van der Waals surface area contributed by atoms with Crippen LogP contribution in [0, 0.1) is 0 Å². The van der Waals surface area contributed by atoms with Gasteiger partial charge in [-0.3, -0.25) is 0 Å². The van der Waals surface area contributed by atoms with E-state index in [1.807, 2.05) is 0 Å². The number of anilines is 1. The fourth-order valence-corrected chi connectivity index (χ4v) is 2.85. The van der Waals surface area contributed by atoms with E-state index in [0.29, 0.717) is 23.0 Å². The van der Waals surface area contributed by atoms with Gasteiger partial charge in [-0.25, -0.2) is 9.59 Å². The fourth-order valence-electron chi connectivity index (χ4n) is 2.36. The quantitative estimate of drug-likeness (QED) is 0.668. The molecule has 1 aromatic rings. The summed E-state index contributed by atoms with van der Waals surface area (Å²) < 4.78 is 0.582. The first kappa shape index (κ1) is 15.8. The molecule has 21 heavy (non-hydrogen) atoms. The second-order valence-corrected chi connectivity index (χ2v) is 6.05. The van der Waals surface area contributed by atoms with Crippen LogP contribution in [-0.4, -0.2) is 34.4 Å². The summed E-state index contributed by atoms with van der Waals surface area (Å²) in [5.41, 5.74) is 0.510. The Morgan fingerprint density at radius 3 is 2.43 bits per heavy atom. The normalized spacial score (nSPS) is 21.6. The van der Waals surface area contributed by atoms with E-state index in [4.69, 9.17) is 5.11 Å². The molecular formula is C14H17BrN2O4. The minimum Gasteiger partial charge on any atom is -0.478 e. The van der Waals surface area contributed by atoms with Gasteiger partial charge in [0, 0.05) is 16.2 Å². The van der Waals surface area contributed by atoms with Crippen molar-refractivity contribution in [1.29, 1.82) is 0 Å². The zero-order valence-electron chi connectivity index (χ0n) is 11.3. The summed E-state index contributed by atoms with van der Waals surface area (Å²) in [7, 11) is 0. The number of carbonyl (C=O) groups excluding carboxylic acids is 1. The second kappa shape index (κ2) is 6.91. The average Bonchev–Trinajstić information content (AvgIpc) is 2.40. The molecule has 2 rings (SSSR count). The molecule has 6 nitrogen and oxygen atoms in total. The van der Waals surface area contributed by atoms with Crippen molar-refractivity contribution in [2.45, 2.75) is 37.8 Å². The van der Waals surface area contributed by atoms with Crippen LogP contribution in [0.15, 0.2) is 22.7 Å². The van der Waals surface area contributed by atoms with Crippen molar-refractivity contribution in [1.82, 2.24) is 5.32 Å². The van der Waals surface area contributed by atoms with Crippen molar-refractivity contribution in [3.8, 4) is 0 Å². The molecule has 2 amide bonds. The average molecular weight is 357 g/mol. The Morgan fingerprint density at radius 2 is 1.81 bits per heavy atom. The molecule has 7 heteroatoms. The molecular weight excluding hydrogens is 340 g/mol. The van der Waals surface area contributed by atoms with Gasteiger partial charge in [0.25, 0.3) is 0 Å². The van der Waals surface area contributed by atoms with Crippen LogP contribution >= 0.6 is 15.9 Å². The monoisotopic (exact) mass is 356 g/mol. The van der Waals surface area contributed by atoms with Crippen molar-refractivity contribution in [3.05, 3.63) is 28.2 Å². The number of carboxylic acid groups (broad SMARTS) is 1. The summed E-state index contributed by atoms with van der Waals surface area (Å²) in [6.07, 6.45) is 2.59. The standard InChI is InChI=1S/C14H17BrN2O4/c15-9-5-8(13(19)20)6-11(7-9)17-14(21)16-10-1-3-12(18)4-2-10/h5-7,10,12,18H,1-4H2,(H,19,20)(H2,16,17,21). The summed E-state index contributed by atoms with van der Waals surface area (Å²) in [6, 6.07) is 4.17. The van der Waals surface area contributed by atoms with E-state index in [2.05, 4.69) is 26.6 Å². The maximum Gasteiger partial charge on any atom is 0.335 e. The zero-order chi connectivity index (χ0) is 15.4. The highest BCUT2D eigenvalue weighted by molar-refractivity contribution is 9.10. The Hall–Kier alpha value is -1.60. The lowest BCUT2D eigenvalue weighted by Gasteiger charge is -2.26. The van der Waals surface area contributed by atoms with Crippen LogP contribution in [-0.2, 0) is 0 Å². The lowest BCUT2D eigenvalue weighted by Crippen LogP contribution is -2.40. The first-order valence-electron chi connectivity index (χ1n) is 6.73. The van der Waals surface area contributed by atoms with Gasteiger partial charge in [-0.15, -0.1) is 0 Å². The third kappa shape index (κ3) is 4.71. The van der Waals surface area contributed by atoms with E-state index in [-0.39, 0.29) is 23.7 Å². The van der Waals surface area contributed by atoms with E-state index in [1.165, 1.54) is 12.1 Å². The third-order valence-corrected chi connectivity index (χ3v) is 3.89. The number of urea groups is 1. The summed E-state index contributed by atoms with van der Waals surface area (Å²) in [4.78, 5) is 22.9. The molecule has 1 fully saturated rings. The van der Waals surface area contributed by atoms with E-state index in [9.17, 15) is 14.7 Å². The Kier molecular flexibility index (Phi) is 5.19. The lowest BCUT2D eigenvalue weighted by atomic mass is 9.93. The number of carbonyl (C=O) groups is 2. The van der Waals surface area contributed by atoms with Crippen LogP contribution in [0.2, 0.25) is 0 Å². The molecule has 1 saturated carbocycles. The SMILES string of the molecule is O=C(Nc1cc(Br)cc(C(=O)O)c1)NC1CCC(O)CC1. The highest BCUT2D eigenvalue weighted by Gasteiger charge is 2.20. The summed E-state index contributed by atoms with van der Waals surface area (Å²) in [6.45, 7) is 0. The molecule has 0 heterocycles. The van der Waals surface area contributed by atoms with Crippen molar-refractivity contribution in [3.63, 3.8) is 0 Å². The number of aromatic carboxylic acids is 1. The van der Waals surface area contributed by atoms with Gasteiger partial charge in [0.2, 0.25) is 0 Å². The Balaban J connectivity index is 1.95. The smallest absolute Gasteiger partial charge is 0.335 e. The third-order valence-electron chi connectivity index (χ3n) is 3.43. The van der Waals surface area contributed by atoms with E-state index < -0.39 is 5.97 Å². The number of aliphatic hydroxyl groups is 1. The molecule has 0 bridgehead atoms. The minimum atomic E-state index is -1.05. The molecule has 0 saturated heterocycles. The number of rotatable bonds is 3. The van der Waals surface area contributed by atoms with Crippen molar-refractivity contribution in [2.24, 2.45) is 0 Å². The van der Waals surface area contributed by atoms with Gasteiger partial charge in [0.1, 0.15) is 0 Å². The highest BCUT2D eigenvalue weighted by Crippen LogP contribution is 2.21. The molecule has 1 aliphatic rings. The Bertz CT molecular complexity index is 542. The fraction of sp³-hybridized carbons (Fsp3) is 0.429. The molecule has 1 aliphatic carbocycles. The van der Waals surface area contributed by atoms with Gasteiger partial charge >= 0.3 is 12.0 Å². The van der Waals surface area contributed by atoms with Crippen LogP contribution in [0.5, 0.6) is 0 Å². The number of amides is 2. The number of halogens is 1. The van der Waals surface area contributed by atoms with Crippen molar-refractivity contribution in [2.75, 3.05) is 5.32 Å². The van der Waals surface area contributed by atoms with Crippen LogP contribution in [0.25, 0.3) is 0 Å². The molecule has 0 unspecified atom stereocenters. The van der Waals surface area contributed by atoms with Gasteiger partial charge in [0.05, 0.1) is 11.7 Å². The molecule has 4 N–H and O–H groups in total. The molecule has 0 aromatic heterocycles. The van der Waals surface area contributed by atoms with Crippen LogP contribution in [0.1, 0.15) is 36.0 Å². The largest absolute Gasteiger partial charge is 0.478 e. The van der Waals surface area contributed by atoms with Gasteiger partial charge < -0.3 is 20.8 Å². The molecule has 114 valence electrons. The first-order chi connectivity index (χ1) is 9.94. The Morgan fingerprint density at radius 1 is 1.14 bits per heavy atom. The van der Waals surface area contributed by atoms with Gasteiger partial charge in [-0.2, -0.15) is 0 Å². The topological polar surface area (TPSA) is 98.7 Å². The first-order valence-corrected chi connectivity index (χ1v) is 7.53. The maximum absolute atomic E-state index is 11.9. The maximum atomic E-state index is 11.9. The van der Waals surface area contributed by atoms with Crippen LogP contribution in [0.3, 0.4) is 0 Å².